The molecule has 22 heavy (non-hydrogen) atoms. The van der Waals surface area contributed by atoms with E-state index >= 15 is 0 Å². The van der Waals surface area contributed by atoms with E-state index in [0.717, 1.165) is 36.4 Å². The molecule has 0 radical (unpaired) electrons. The first-order valence-electron chi connectivity index (χ1n) is 6.07. The van der Waals surface area contributed by atoms with Gasteiger partial charge in [-0.1, -0.05) is 24.3 Å². The van der Waals surface area contributed by atoms with Crippen LogP contribution in [0.5, 0.6) is 0 Å². The second-order valence-electron chi connectivity index (χ2n) is 4.55. The topological polar surface area (TPSA) is 0 Å². The molecule has 0 aliphatic carbocycles. The lowest BCUT2D eigenvalue weighted by Gasteiger charge is -2.18. The standard InChI is InChI=1S/C15H9ClF6/c16-8-9-5-6-13(15(20,21)22)11(7-9)10-3-1-2-4-12(10)14(17,18)19/h1-7H,8H2. The summed E-state index contributed by atoms with van der Waals surface area (Å²) in [5.41, 5.74) is -2.99. The molecule has 2 aromatic carbocycles. The van der Waals surface area contributed by atoms with Crippen molar-refractivity contribution >= 4 is 11.6 Å². The van der Waals surface area contributed by atoms with Gasteiger partial charge in [0.1, 0.15) is 0 Å². The van der Waals surface area contributed by atoms with Crippen LogP contribution < -0.4 is 0 Å². The molecule has 0 aliphatic rings. The normalized spacial score (nSPS) is 12.5. The first-order chi connectivity index (χ1) is 10.1. The summed E-state index contributed by atoms with van der Waals surface area (Å²) in [6, 6.07) is 7.10. The minimum atomic E-state index is -4.76. The fourth-order valence-corrected chi connectivity index (χ4v) is 2.28. The Morgan fingerprint density at radius 2 is 1.27 bits per heavy atom. The van der Waals surface area contributed by atoms with Crippen LogP contribution in [0, 0.1) is 0 Å². The molecular weight excluding hydrogens is 330 g/mol. The third-order valence-corrected chi connectivity index (χ3v) is 3.37. The van der Waals surface area contributed by atoms with Crippen molar-refractivity contribution in [3.63, 3.8) is 0 Å². The monoisotopic (exact) mass is 338 g/mol. The summed E-state index contributed by atoms with van der Waals surface area (Å²) in [4.78, 5) is 0. The number of benzene rings is 2. The van der Waals surface area contributed by atoms with Gasteiger partial charge in [-0.2, -0.15) is 26.3 Å². The van der Waals surface area contributed by atoms with Crippen LogP contribution in [0.3, 0.4) is 0 Å². The molecule has 0 aromatic heterocycles. The van der Waals surface area contributed by atoms with E-state index in [1.807, 2.05) is 0 Å². The quantitative estimate of drug-likeness (QED) is 0.456. The summed E-state index contributed by atoms with van der Waals surface area (Å²) in [5.74, 6) is -0.0979. The largest absolute Gasteiger partial charge is 0.417 e. The Balaban J connectivity index is 2.77. The van der Waals surface area contributed by atoms with Crippen LogP contribution in [-0.4, -0.2) is 0 Å². The van der Waals surface area contributed by atoms with Gasteiger partial charge in [0.05, 0.1) is 11.1 Å². The highest BCUT2D eigenvalue weighted by atomic mass is 35.5. The lowest BCUT2D eigenvalue weighted by atomic mass is 9.93. The third-order valence-electron chi connectivity index (χ3n) is 3.07. The van der Waals surface area contributed by atoms with E-state index < -0.39 is 34.6 Å². The van der Waals surface area contributed by atoms with Crippen LogP contribution in [0.2, 0.25) is 0 Å². The van der Waals surface area contributed by atoms with E-state index in [2.05, 4.69) is 0 Å². The molecule has 0 bridgehead atoms. The van der Waals surface area contributed by atoms with Gasteiger partial charge in [0, 0.05) is 5.88 Å². The lowest BCUT2D eigenvalue weighted by molar-refractivity contribution is -0.139. The van der Waals surface area contributed by atoms with Gasteiger partial charge in [0.2, 0.25) is 0 Å². The summed E-state index contributed by atoms with van der Waals surface area (Å²) in [6.07, 6.45) is -9.52. The van der Waals surface area contributed by atoms with E-state index in [4.69, 9.17) is 11.6 Å². The second-order valence-corrected chi connectivity index (χ2v) is 4.82. The molecule has 7 heteroatoms. The highest BCUT2D eigenvalue weighted by Crippen LogP contribution is 2.42. The Morgan fingerprint density at radius 1 is 0.727 bits per heavy atom. The Morgan fingerprint density at radius 3 is 1.82 bits per heavy atom. The second kappa shape index (κ2) is 5.83. The maximum absolute atomic E-state index is 13.1. The van der Waals surface area contributed by atoms with Gasteiger partial charge >= 0.3 is 12.4 Å². The minimum absolute atomic E-state index is 0.0979. The Bertz CT molecular complexity index is 672. The van der Waals surface area contributed by atoms with Crippen LogP contribution in [0.1, 0.15) is 16.7 Å². The molecule has 0 fully saturated rings. The van der Waals surface area contributed by atoms with E-state index in [1.165, 1.54) is 6.07 Å². The predicted molar refractivity (Wildman–Crippen MR) is 71.4 cm³/mol. The average molecular weight is 339 g/mol. The Labute approximate surface area is 127 Å². The number of rotatable bonds is 2. The maximum atomic E-state index is 13.1. The van der Waals surface area contributed by atoms with Crippen molar-refractivity contribution in [2.45, 2.75) is 18.2 Å². The maximum Gasteiger partial charge on any atom is 0.417 e. The zero-order chi connectivity index (χ0) is 16.5. The Kier molecular flexibility index (Phi) is 4.42. The molecular formula is C15H9ClF6. The van der Waals surface area contributed by atoms with E-state index in [9.17, 15) is 26.3 Å². The molecule has 0 atom stereocenters. The molecule has 0 saturated heterocycles. The van der Waals surface area contributed by atoms with Crippen molar-refractivity contribution in [3.05, 3.63) is 59.2 Å². The number of alkyl halides is 7. The van der Waals surface area contributed by atoms with Crippen LogP contribution in [0.15, 0.2) is 42.5 Å². The van der Waals surface area contributed by atoms with Gasteiger partial charge in [0.25, 0.3) is 0 Å². The highest BCUT2D eigenvalue weighted by Gasteiger charge is 2.38. The number of hydrogen-bond acceptors (Lipinski definition) is 0. The molecule has 0 unspecified atom stereocenters. The molecule has 0 nitrogen and oxygen atoms in total. The number of hydrogen-bond donors (Lipinski definition) is 0. The molecule has 0 aliphatic heterocycles. The number of halogens is 7. The fraction of sp³-hybridized carbons (Fsp3) is 0.200. The van der Waals surface area contributed by atoms with Gasteiger partial charge in [0.15, 0.2) is 0 Å². The molecule has 0 spiro atoms. The van der Waals surface area contributed by atoms with Crippen molar-refractivity contribution in [1.29, 1.82) is 0 Å². The van der Waals surface area contributed by atoms with Gasteiger partial charge in [-0.05, 0) is 34.9 Å². The molecule has 118 valence electrons. The van der Waals surface area contributed by atoms with Crippen molar-refractivity contribution in [3.8, 4) is 11.1 Å². The average Bonchev–Trinajstić information content (AvgIpc) is 2.44. The van der Waals surface area contributed by atoms with Crippen LogP contribution in [0.25, 0.3) is 11.1 Å². The smallest absolute Gasteiger partial charge is 0.166 e. The fourth-order valence-electron chi connectivity index (χ4n) is 2.11. The first kappa shape index (κ1) is 16.7. The summed E-state index contributed by atoms with van der Waals surface area (Å²) in [5, 5.41) is 0. The highest BCUT2D eigenvalue weighted by molar-refractivity contribution is 6.17. The van der Waals surface area contributed by atoms with Gasteiger partial charge < -0.3 is 0 Å². The van der Waals surface area contributed by atoms with Crippen LogP contribution >= 0.6 is 11.6 Å². The zero-order valence-electron chi connectivity index (χ0n) is 10.9. The minimum Gasteiger partial charge on any atom is -0.166 e. The summed E-state index contributed by atoms with van der Waals surface area (Å²) >= 11 is 5.58. The van der Waals surface area contributed by atoms with Crippen molar-refractivity contribution in [2.75, 3.05) is 0 Å². The molecule has 0 amide bonds. The van der Waals surface area contributed by atoms with Crippen molar-refractivity contribution in [1.82, 2.24) is 0 Å². The molecule has 0 saturated carbocycles. The van der Waals surface area contributed by atoms with E-state index in [-0.39, 0.29) is 5.88 Å². The summed E-state index contributed by atoms with van der Waals surface area (Å²) in [6.45, 7) is 0. The summed E-state index contributed by atoms with van der Waals surface area (Å²) < 4.78 is 78.4. The van der Waals surface area contributed by atoms with E-state index in [1.54, 1.807) is 0 Å². The third kappa shape index (κ3) is 3.38. The van der Waals surface area contributed by atoms with E-state index in [0.29, 0.717) is 5.56 Å². The van der Waals surface area contributed by atoms with Crippen LogP contribution in [0.4, 0.5) is 26.3 Å². The SMILES string of the molecule is FC(F)(F)c1ccccc1-c1cc(CCl)ccc1C(F)(F)F. The molecule has 2 rings (SSSR count). The van der Waals surface area contributed by atoms with Gasteiger partial charge in [-0.3, -0.25) is 0 Å². The van der Waals surface area contributed by atoms with Gasteiger partial charge in [-0.25, -0.2) is 0 Å². The lowest BCUT2D eigenvalue weighted by Crippen LogP contribution is -2.11. The summed E-state index contributed by atoms with van der Waals surface area (Å²) in [7, 11) is 0. The van der Waals surface area contributed by atoms with Crippen molar-refractivity contribution < 1.29 is 26.3 Å². The molecule has 0 heterocycles. The van der Waals surface area contributed by atoms with Crippen molar-refractivity contribution in [2.24, 2.45) is 0 Å². The first-order valence-corrected chi connectivity index (χ1v) is 6.60. The molecule has 0 N–H and O–H groups in total. The predicted octanol–water partition coefficient (Wildman–Crippen LogP) is 6.13. The van der Waals surface area contributed by atoms with Crippen LogP contribution in [-0.2, 0) is 18.2 Å². The Hall–Kier alpha value is -1.69. The zero-order valence-corrected chi connectivity index (χ0v) is 11.7. The van der Waals surface area contributed by atoms with Gasteiger partial charge in [-0.15, -0.1) is 11.6 Å². The molecule has 2 aromatic rings.